The lowest BCUT2D eigenvalue weighted by Crippen LogP contribution is -2.23. The van der Waals surface area contributed by atoms with Crippen LogP contribution in [0.3, 0.4) is 0 Å². The Balaban J connectivity index is 2.27. The first kappa shape index (κ1) is 14.7. The summed E-state index contributed by atoms with van der Waals surface area (Å²) < 4.78 is 1.97. The van der Waals surface area contributed by atoms with Crippen molar-refractivity contribution in [1.82, 2.24) is 25.1 Å². The largest absolute Gasteiger partial charge is 0.313 e. The standard InChI is InChI=1S/C15H23N5/c1-10(2)20-15(17-9-18-20)8-14(16-5)13-7-6-11(3)19-12(13)4/h6-7,9-10,14,16H,8H2,1-5H3. The zero-order chi connectivity index (χ0) is 14.7. The fourth-order valence-electron chi connectivity index (χ4n) is 2.47. The van der Waals surface area contributed by atoms with Crippen molar-refractivity contribution < 1.29 is 0 Å². The highest BCUT2D eigenvalue weighted by atomic mass is 15.3. The highest BCUT2D eigenvalue weighted by Crippen LogP contribution is 2.21. The number of nitrogens with zero attached hydrogens (tertiary/aromatic N) is 4. The number of aryl methyl sites for hydroxylation is 2. The molecule has 0 aromatic carbocycles. The molecule has 0 saturated heterocycles. The lowest BCUT2D eigenvalue weighted by atomic mass is 10.0. The highest BCUT2D eigenvalue weighted by Gasteiger charge is 2.17. The molecule has 1 unspecified atom stereocenters. The van der Waals surface area contributed by atoms with Gasteiger partial charge < -0.3 is 5.32 Å². The number of hydrogen-bond donors (Lipinski definition) is 1. The van der Waals surface area contributed by atoms with Crippen LogP contribution in [0.4, 0.5) is 0 Å². The van der Waals surface area contributed by atoms with Crippen molar-refractivity contribution in [2.45, 2.75) is 46.2 Å². The highest BCUT2D eigenvalue weighted by molar-refractivity contribution is 5.26. The second kappa shape index (κ2) is 6.13. The zero-order valence-electron chi connectivity index (χ0n) is 12.9. The molecule has 2 heterocycles. The average Bonchev–Trinajstić information content (AvgIpc) is 2.85. The van der Waals surface area contributed by atoms with E-state index < -0.39 is 0 Å². The Morgan fingerprint density at radius 3 is 2.60 bits per heavy atom. The van der Waals surface area contributed by atoms with E-state index >= 15 is 0 Å². The maximum Gasteiger partial charge on any atom is 0.138 e. The molecule has 0 radical (unpaired) electrons. The third-order valence-electron chi connectivity index (χ3n) is 3.51. The van der Waals surface area contributed by atoms with E-state index in [4.69, 9.17) is 0 Å². The van der Waals surface area contributed by atoms with Crippen molar-refractivity contribution in [2.24, 2.45) is 0 Å². The van der Waals surface area contributed by atoms with Crippen LogP contribution in [0.1, 0.15) is 48.7 Å². The number of pyridine rings is 1. The van der Waals surface area contributed by atoms with Gasteiger partial charge in [-0.2, -0.15) is 5.10 Å². The molecule has 1 atom stereocenters. The molecular formula is C15H23N5. The molecule has 0 aliphatic rings. The molecule has 0 fully saturated rings. The molecule has 5 heteroatoms. The van der Waals surface area contributed by atoms with Gasteiger partial charge in [-0.25, -0.2) is 9.67 Å². The van der Waals surface area contributed by atoms with Crippen LogP contribution in [-0.4, -0.2) is 26.8 Å². The molecule has 0 aliphatic carbocycles. The van der Waals surface area contributed by atoms with Crippen molar-refractivity contribution in [3.63, 3.8) is 0 Å². The molecule has 108 valence electrons. The first-order valence-electron chi connectivity index (χ1n) is 7.02. The zero-order valence-corrected chi connectivity index (χ0v) is 12.9. The molecule has 0 spiro atoms. The van der Waals surface area contributed by atoms with Gasteiger partial charge in [0.05, 0.1) is 0 Å². The molecule has 5 nitrogen and oxygen atoms in total. The third-order valence-corrected chi connectivity index (χ3v) is 3.51. The topological polar surface area (TPSA) is 55.6 Å². The van der Waals surface area contributed by atoms with Crippen molar-refractivity contribution >= 4 is 0 Å². The molecule has 0 bridgehead atoms. The van der Waals surface area contributed by atoms with Crippen molar-refractivity contribution in [3.8, 4) is 0 Å². The molecule has 2 aromatic rings. The number of rotatable bonds is 5. The Labute approximate surface area is 120 Å². The summed E-state index contributed by atoms with van der Waals surface area (Å²) >= 11 is 0. The molecule has 1 N–H and O–H groups in total. The second-order valence-electron chi connectivity index (χ2n) is 5.39. The summed E-state index contributed by atoms with van der Waals surface area (Å²) in [5, 5.41) is 7.66. The van der Waals surface area contributed by atoms with Crippen molar-refractivity contribution in [2.75, 3.05) is 7.05 Å². The minimum atomic E-state index is 0.199. The fraction of sp³-hybridized carbons (Fsp3) is 0.533. The van der Waals surface area contributed by atoms with Gasteiger partial charge in [-0.3, -0.25) is 4.98 Å². The molecule has 20 heavy (non-hydrogen) atoms. The Hall–Kier alpha value is -1.75. The summed E-state index contributed by atoms with van der Waals surface area (Å²) in [5.41, 5.74) is 3.34. The van der Waals surface area contributed by atoms with E-state index in [0.29, 0.717) is 6.04 Å². The third kappa shape index (κ3) is 3.04. The normalized spacial score (nSPS) is 12.9. The fourth-order valence-corrected chi connectivity index (χ4v) is 2.47. The van der Waals surface area contributed by atoms with Gasteiger partial charge in [-0.05, 0) is 46.4 Å². The van der Waals surface area contributed by atoms with Crippen LogP contribution in [0.5, 0.6) is 0 Å². The number of likely N-dealkylation sites (N-methyl/N-ethyl adjacent to an activating group) is 1. The first-order valence-corrected chi connectivity index (χ1v) is 7.02. The molecule has 2 aromatic heterocycles. The van der Waals surface area contributed by atoms with Crippen LogP contribution in [-0.2, 0) is 6.42 Å². The predicted octanol–water partition coefficient (Wildman–Crippen LogP) is 2.37. The van der Waals surface area contributed by atoms with E-state index in [-0.39, 0.29) is 6.04 Å². The second-order valence-corrected chi connectivity index (χ2v) is 5.39. The minimum absolute atomic E-state index is 0.199. The van der Waals surface area contributed by atoms with E-state index in [0.717, 1.165) is 23.6 Å². The van der Waals surface area contributed by atoms with Crippen LogP contribution in [0.25, 0.3) is 0 Å². The van der Waals surface area contributed by atoms with Crippen LogP contribution in [0.15, 0.2) is 18.5 Å². The summed E-state index contributed by atoms with van der Waals surface area (Å²) in [6.45, 7) is 8.30. The van der Waals surface area contributed by atoms with Gasteiger partial charge in [0, 0.05) is 29.9 Å². The summed E-state index contributed by atoms with van der Waals surface area (Å²) in [6.07, 6.45) is 2.43. The Bertz CT molecular complexity index is 573. The monoisotopic (exact) mass is 273 g/mol. The maximum atomic E-state index is 4.55. The lowest BCUT2D eigenvalue weighted by molar-refractivity contribution is 0.476. The Morgan fingerprint density at radius 1 is 1.25 bits per heavy atom. The molecule has 0 amide bonds. The number of hydrogen-bond acceptors (Lipinski definition) is 4. The van der Waals surface area contributed by atoms with Gasteiger partial charge in [-0.1, -0.05) is 6.07 Å². The smallest absolute Gasteiger partial charge is 0.138 e. The summed E-state index contributed by atoms with van der Waals surface area (Å²) in [6, 6.07) is 4.72. The quantitative estimate of drug-likeness (QED) is 0.908. The minimum Gasteiger partial charge on any atom is -0.313 e. The lowest BCUT2D eigenvalue weighted by Gasteiger charge is -2.19. The number of aromatic nitrogens is 4. The maximum absolute atomic E-state index is 4.55. The Morgan fingerprint density at radius 2 is 2.00 bits per heavy atom. The number of nitrogens with one attached hydrogen (secondary N) is 1. The van der Waals surface area contributed by atoms with Crippen molar-refractivity contribution in [3.05, 3.63) is 41.2 Å². The Kier molecular flexibility index (Phi) is 4.49. The van der Waals surface area contributed by atoms with E-state index in [2.05, 4.69) is 53.3 Å². The predicted molar refractivity (Wildman–Crippen MR) is 79.6 cm³/mol. The van der Waals surface area contributed by atoms with E-state index in [9.17, 15) is 0 Å². The van der Waals surface area contributed by atoms with Crippen LogP contribution in [0.2, 0.25) is 0 Å². The molecule has 0 saturated carbocycles. The van der Waals surface area contributed by atoms with Gasteiger partial charge in [0.25, 0.3) is 0 Å². The van der Waals surface area contributed by atoms with E-state index in [1.807, 2.05) is 18.7 Å². The van der Waals surface area contributed by atoms with Gasteiger partial charge in [-0.15, -0.1) is 0 Å². The van der Waals surface area contributed by atoms with Crippen LogP contribution < -0.4 is 5.32 Å². The average molecular weight is 273 g/mol. The van der Waals surface area contributed by atoms with Gasteiger partial charge in [0.15, 0.2) is 0 Å². The van der Waals surface area contributed by atoms with Crippen LogP contribution >= 0.6 is 0 Å². The summed E-state index contributed by atoms with van der Waals surface area (Å²) in [5.74, 6) is 0.999. The summed E-state index contributed by atoms with van der Waals surface area (Å²) in [4.78, 5) is 8.94. The van der Waals surface area contributed by atoms with Crippen LogP contribution in [0, 0.1) is 13.8 Å². The molecular weight excluding hydrogens is 250 g/mol. The first-order chi connectivity index (χ1) is 9.52. The van der Waals surface area contributed by atoms with Crippen molar-refractivity contribution in [1.29, 1.82) is 0 Å². The van der Waals surface area contributed by atoms with E-state index in [1.54, 1.807) is 6.33 Å². The molecule has 0 aliphatic heterocycles. The van der Waals surface area contributed by atoms with Gasteiger partial charge >= 0.3 is 0 Å². The van der Waals surface area contributed by atoms with Gasteiger partial charge in [0.1, 0.15) is 12.2 Å². The SMILES string of the molecule is CNC(Cc1ncnn1C(C)C)c1ccc(C)nc1C. The van der Waals surface area contributed by atoms with E-state index in [1.165, 1.54) is 5.56 Å². The summed E-state index contributed by atoms with van der Waals surface area (Å²) in [7, 11) is 1.97. The van der Waals surface area contributed by atoms with Gasteiger partial charge in [0.2, 0.25) is 0 Å². The molecule has 2 rings (SSSR count).